The highest BCUT2D eigenvalue weighted by molar-refractivity contribution is 6.00. The van der Waals surface area contributed by atoms with Crippen LogP contribution in [0.4, 0.5) is 16.2 Å². The molecule has 0 fully saturated rings. The molecular weight excluding hydrogens is 490 g/mol. The van der Waals surface area contributed by atoms with Crippen molar-refractivity contribution in [3.05, 3.63) is 80.2 Å². The Morgan fingerprint density at radius 2 is 1.82 bits per heavy atom. The van der Waals surface area contributed by atoms with Crippen LogP contribution in [0.15, 0.2) is 57.7 Å². The van der Waals surface area contributed by atoms with Crippen LogP contribution in [0.1, 0.15) is 52.2 Å². The minimum Gasteiger partial charge on any atom is -0.444 e. The fraction of sp³-hybridized carbons (Fsp3) is 0.393. The average Bonchev–Trinajstić information content (AvgIpc) is 2.79. The number of para-hydroxylation sites is 1. The number of benzene rings is 2. The summed E-state index contributed by atoms with van der Waals surface area (Å²) in [5, 5.41) is 15.1. The highest BCUT2D eigenvalue weighted by Crippen LogP contribution is 2.28. The van der Waals surface area contributed by atoms with Crippen molar-refractivity contribution >= 4 is 34.3 Å². The summed E-state index contributed by atoms with van der Waals surface area (Å²) in [4.78, 5) is 51.2. The summed E-state index contributed by atoms with van der Waals surface area (Å²) in [6.45, 7) is 10.6. The smallest absolute Gasteiger partial charge is 0.408 e. The van der Waals surface area contributed by atoms with Crippen molar-refractivity contribution in [3.8, 4) is 0 Å². The van der Waals surface area contributed by atoms with E-state index < -0.39 is 34.2 Å². The highest BCUT2D eigenvalue weighted by Gasteiger charge is 2.31. The molecule has 10 heteroatoms. The molecule has 1 N–H and O–H groups in total. The number of hydrogen-bond donors (Lipinski definition) is 1. The van der Waals surface area contributed by atoms with E-state index in [1.807, 2.05) is 13.8 Å². The molecular formula is C28H33N3O7. The standard InChI is InChI=1S/C28H33N3O7/c1-17(2)13-22(29-27(34)38-28(4,5)6)26(33)30(16-19-9-7-8-10-23(19)31(35)36)20-11-12-21-18(3)14-25(32)37-24(21)15-20/h7-12,14-15,17,22H,13,16H2,1-6H3,(H,29,34)/t22-/m0/s1. The first-order valence-electron chi connectivity index (χ1n) is 12.3. The van der Waals surface area contributed by atoms with E-state index in [1.165, 1.54) is 17.0 Å². The van der Waals surface area contributed by atoms with Gasteiger partial charge in [0.2, 0.25) is 5.91 Å². The van der Waals surface area contributed by atoms with Crippen molar-refractivity contribution in [2.75, 3.05) is 4.90 Å². The number of nitrogens with one attached hydrogen (secondary N) is 1. The van der Waals surface area contributed by atoms with E-state index in [0.717, 1.165) is 0 Å². The van der Waals surface area contributed by atoms with Gasteiger partial charge in [-0.1, -0.05) is 32.0 Å². The number of alkyl carbamates (subject to hydrolysis) is 1. The van der Waals surface area contributed by atoms with Crippen LogP contribution in [0, 0.1) is 23.0 Å². The predicted molar refractivity (Wildman–Crippen MR) is 144 cm³/mol. The van der Waals surface area contributed by atoms with Crippen molar-refractivity contribution in [3.63, 3.8) is 0 Å². The summed E-state index contributed by atoms with van der Waals surface area (Å²) in [5.41, 5.74) is 0.193. The third-order valence-corrected chi connectivity index (χ3v) is 5.73. The third-order valence-electron chi connectivity index (χ3n) is 5.73. The second kappa shape index (κ2) is 11.5. The van der Waals surface area contributed by atoms with Crippen molar-refractivity contribution in [2.24, 2.45) is 5.92 Å². The molecule has 202 valence electrons. The largest absolute Gasteiger partial charge is 0.444 e. The lowest BCUT2D eigenvalue weighted by Gasteiger charge is -2.30. The molecule has 10 nitrogen and oxygen atoms in total. The molecule has 0 aliphatic carbocycles. The number of amides is 2. The molecule has 3 rings (SSSR count). The van der Waals surface area contributed by atoms with E-state index in [9.17, 15) is 24.5 Å². The van der Waals surface area contributed by atoms with E-state index in [2.05, 4.69) is 5.32 Å². The Kier molecular flexibility index (Phi) is 8.55. The van der Waals surface area contributed by atoms with Gasteiger partial charge in [-0.3, -0.25) is 14.9 Å². The molecule has 3 aromatic rings. The van der Waals surface area contributed by atoms with Crippen LogP contribution >= 0.6 is 0 Å². The normalized spacial score (nSPS) is 12.3. The fourth-order valence-electron chi connectivity index (χ4n) is 4.10. The van der Waals surface area contributed by atoms with Gasteiger partial charge in [0.25, 0.3) is 5.69 Å². The van der Waals surface area contributed by atoms with E-state index in [-0.39, 0.29) is 23.7 Å². The maximum absolute atomic E-state index is 14.0. The van der Waals surface area contributed by atoms with Gasteiger partial charge in [-0.2, -0.15) is 0 Å². The molecule has 1 heterocycles. The number of fused-ring (bicyclic) bond motifs is 1. The lowest BCUT2D eigenvalue weighted by molar-refractivity contribution is -0.385. The maximum atomic E-state index is 14.0. The van der Waals surface area contributed by atoms with Gasteiger partial charge in [-0.25, -0.2) is 9.59 Å². The first kappa shape index (κ1) is 28.4. The number of carbonyl (C=O) groups is 2. The predicted octanol–water partition coefficient (Wildman–Crippen LogP) is 5.48. The van der Waals surface area contributed by atoms with Crippen molar-refractivity contribution in [1.29, 1.82) is 0 Å². The number of ether oxygens (including phenoxy) is 1. The summed E-state index contributed by atoms with van der Waals surface area (Å²) in [6.07, 6.45) is -0.449. The second-order valence-corrected chi connectivity index (χ2v) is 10.6. The van der Waals surface area contributed by atoms with Crippen LogP contribution in [0.5, 0.6) is 0 Å². The zero-order valence-electron chi connectivity index (χ0n) is 22.4. The molecule has 0 unspecified atom stereocenters. The molecule has 38 heavy (non-hydrogen) atoms. The Labute approximate surface area is 220 Å². The Bertz CT molecular complexity index is 1410. The SMILES string of the molecule is Cc1cc(=O)oc2cc(N(Cc3ccccc3[N+](=O)[O-])C(=O)[C@H](CC(C)C)NC(=O)OC(C)(C)C)ccc12. The first-order chi connectivity index (χ1) is 17.7. The number of hydrogen-bond acceptors (Lipinski definition) is 7. The van der Waals surface area contributed by atoms with Gasteiger partial charge in [-0.05, 0) is 57.7 Å². The van der Waals surface area contributed by atoms with Gasteiger partial charge < -0.3 is 19.4 Å². The molecule has 1 aromatic heterocycles. The number of rotatable bonds is 8. The van der Waals surface area contributed by atoms with E-state index in [4.69, 9.17) is 9.15 Å². The Morgan fingerprint density at radius 3 is 2.45 bits per heavy atom. The summed E-state index contributed by atoms with van der Waals surface area (Å²) >= 11 is 0. The molecule has 0 radical (unpaired) electrons. The van der Waals surface area contributed by atoms with Crippen LogP contribution in [-0.4, -0.2) is 28.6 Å². The minimum absolute atomic E-state index is 0.0315. The van der Waals surface area contributed by atoms with Crippen LogP contribution in [-0.2, 0) is 16.1 Å². The number of nitro benzene ring substituents is 1. The van der Waals surface area contributed by atoms with E-state index in [1.54, 1.807) is 64.1 Å². The quantitative estimate of drug-likeness (QED) is 0.235. The van der Waals surface area contributed by atoms with E-state index >= 15 is 0 Å². The number of anilines is 1. The average molecular weight is 524 g/mol. The summed E-state index contributed by atoms with van der Waals surface area (Å²) in [7, 11) is 0. The van der Waals surface area contributed by atoms with Gasteiger partial charge >= 0.3 is 11.7 Å². The molecule has 2 amide bonds. The molecule has 0 saturated carbocycles. The maximum Gasteiger partial charge on any atom is 0.408 e. The van der Waals surface area contributed by atoms with Gasteiger partial charge in [0.15, 0.2) is 0 Å². The zero-order valence-corrected chi connectivity index (χ0v) is 22.4. The van der Waals surface area contributed by atoms with Crippen LogP contribution in [0.25, 0.3) is 11.0 Å². The van der Waals surface area contributed by atoms with Gasteiger partial charge in [0.1, 0.15) is 17.2 Å². The minimum atomic E-state index is -0.979. The Morgan fingerprint density at radius 1 is 1.13 bits per heavy atom. The van der Waals surface area contributed by atoms with E-state index in [0.29, 0.717) is 28.6 Å². The number of aryl methyl sites for hydroxylation is 1. The first-order valence-corrected chi connectivity index (χ1v) is 12.3. The number of nitro groups is 1. The lowest BCUT2D eigenvalue weighted by atomic mass is 10.0. The number of nitrogens with zero attached hydrogens (tertiary/aromatic N) is 2. The molecule has 0 spiro atoms. The summed E-state index contributed by atoms with van der Waals surface area (Å²) in [6, 6.07) is 11.5. The molecule has 0 saturated heterocycles. The second-order valence-electron chi connectivity index (χ2n) is 10.6. The monoisotopic (exact) mass is 523 g/mol. The van der Waals surface area contributed by atoms with Crippen molar-refractivity contribution in [2.45, 2.75) is 66.2 Å². The molecule has 1 atom stereocenters. The van der Waals surface area contributed by atoms with Crippen molar-refractivity contribution < 1.29 is 23.7 Å². The highest BCUT2D eigenvalue weighted by atomic mass is 16.6. The number of carbonyl (C=O) groups excluding carboxylic acids is 2. The summed E-state index contributed by atoms with van der Waals surface area (Å²) in [5.74, 6) is -0.457. The van der Waals surface area contributed by atoms with Crippen molar-refractivity contribution in [1.82, 2.24) is 5.32 Å². The topological polar surface area (TPSA) is 132 Å². The van der Waals surface area contributed by atoms with Gasteiger partial charge in [-0.15, -0.1) is 0 Å². The van der Waals surface area contributed by atoms with Gasteiger partial charge in [0, 0.05) is 34.8 Å². The Balaban J connectivity index is 2.11. The summed E-state index contributed by atoms with van der Waals surface area (Å²) < 4.78 is 10.8. The molecule has 0 aliphatic rings. The molecule has 2 aromatic carbocycles. The molecule has 0 aliphatic heterocycles. The Hall–Kier alpha value is -4.21. The zero-order chi connectivity index (χ0) is 28.2. The fourth-order valence-corrected chi connectivity index (χ4v) is 4.10. The van der Waals surface area contributed by atoms with Gasteiger partial charge in [0.05, 0.1) is 11.5 Å². The lowest BCUT2D eigenvalue weighted by Crippen LogP contribution is -2.50. The van der Waals surface area contributed by atoms with Crippen LogP contribution in [0.3, 0.4) is 0 Å². The third kappa shape index (κ3) is 7.18. The molecule has 0 bridgehead atoms. The van der Waals surface area contributed by atoms with Crippen LogP contribution < -0.4 is 15.8 Å². The van der Waals surface area contributed by atoms with Crippen LogP contribution in [0.2, 0.25) is 0 Å².